The lowest BCUT2D eigenvalue weighted by Crippen LogP contribution is -2.24. The Morgan fingerprint density at radius 1 is 1.36 bits per heavy atom. The fourth-order valence-electron chi connectivity index (χ4n) is 1.57. The van der Waals surface area contributed by atoms with Crippen molar-refractivity contribution in [3.63, 3.8) is 0 Å². The number of ether oxygens (including phenoxy) is 1. The Kier molecular flexibility index (Phi) is 2.15. The van der Waals surface area contributed by atoms with Crippen LogP contribution in [0.1, 0.15) is 21.5 Å². The van der Waals surface area contributed by atoms with Crippen LogP contribution < -0.4 is 10.1 Å². The normalized spacial score (nSPS) is 15.1. The van der Waals surface area contributed by atoms with E-state index in [1.165, 1.54) is 0 Å². The maximum Gasteiger partial charge on any atom is 0.255 e. The van der Waals surface area contributed by atoms with Gasteiger partial charge in [0.2, 0.25) is 0 Å². The van der Waals surface area contributed by atoms with E-state index < -0.39 is 0 Å². The Bertz CT molecular complexity index is 385. The molecule has 1 amide bonds. The fraction of sp³-hybridized carbons (Fsp3) is 0.364. The van der Waals surface area contributed by atoms with E-state index in [4.69, 9.17) is 4.74 Å². The SMILES string of the molecule is Cc1ccc2c(c1C)OCCNC2=O. The molecule has 3 nitrogen and oxygen atoms in total. The first-order valence-corrected chi connectivity index (χ1v) is 4.71. The summed E-state index contributed by atoms with van der Waals surface area (Å²) < 4.78 is 5.55. The van der Waals surface area contributed by atoms with Crippen molar-refractivity contribution in [2.45, 2.75) is 13.8 Å². The zero-order valence-electron chi connectivity index (χ0n) is 8.39. The number of rotatable bonds is 0. The summed E-state index contributed by atoms with van der Waals surface area (Å²) in [7, 11) is 0. The molecule has 0 radical (unpaired) electrons. The van der Waals surface area contributed by atoms with Gasteiger partial charge < -0.3 is 10.1 Å². The highest BCUT2D eigenvalue weighted by atomic mass is 16.5. The van der Waals surface area contributed by atoms with Crippen LogP contribution in [0, 0.1) is 13.8 Å². The Morgan fingerprint density at radius 2 is 2.14 bits per heavy atom. The van der Waals surface area contributed by atoms with Gasteiger partial charge in [-0.2, -0.15) is 0 Å². The molecule has 74 valence electrons. The Morgan fingerprint density at radius 3 is 2.93 bits per heavy atom. The number of hydrogen-bond donors (Lipinski definition) is 1. The summed E-state index contributed by atoms with van der Waals surface area (Å²) in [5.74, 6) is 0.695. The molecule has 3 heteroatoms. The summed E-state index contributed by atoms with van der Waals surface area (Å²) in [6, 6.07) is 3.76. The van der Waals surface area contributed by atoms with E-state index in [2.05, 4.69) is 5.32 Å². The van der Waals surface area contributed by atoms with E-state index in [1.54, 1.807) is 0 Å². The van der Waals surface area contributed by atoms with Gasteiger partial charge in [-0.15, -0.1) is 0 Å². The molecule has 1 heterocycles. The van der Waals surface area contributed by atoms with E-state index in [-0.39, 0.29) is 5.91 Å². The van der Waals surface area contributed by atoms with E-state index in [0.29, 0.717) is 18.7 Å². The number of aryl methyl sites for hydroxylation is 1. The summed E-state index contributed by atoms with van der Waals surface area (Å²) in [6.45, 7) is 5.11. The molecule has 0 unspecified atom stereocenters. The zero-order valence-corrected chi connectivity index (χ0v) is 8.39. The average molecular weight is 191 g/mol. The third-order valence-electron chi connectivity index (χ3n) is 2.56. The van der Waals surface area contributed by atoms with Gasteiger partial charge in [0.1, 0.15) is 12.4 Å². The van der Waals surface area contributed by atoms with Crippen molar-refractivity contribution in [1.82, 2.24) is 5.32 Å². The number of benzene rings is 1. The quantitative estimate of drug-likeness (QED) is 0.673. The first kappa shape index (κ1) is 9.06. The van der Waals surface area contributed by atoms with Gasteiger partial charge >= 0.3 is 0 Å². The molecule has 0 atom stereocenters. The van der Waals surface area contributed by atoms with Gasteiger partial charge in [0, 0.05) is 0 Å². The minimum Gasteiger partial charge on any atom is -0.491 e. The molecule has 0 saturated carbocycles. The minimum absolute atomic E-state index is 0.0411. The van der Waals surface area contributed by atoms with Gasteiger partial charge in [0.25, 0.3) is 5.91 Å². The summed E-state index contributed by atoms with van der Waals surface area (Å²) in [5, 5.41) is 2.78. The highest BCUT2D eigenvalue weighted by molar-refractivity contribution is 5.97. The van der Waals surface area contributed by atoms with E-state index >= 15 is 0 Å². The lowest BCUT2D eigenvalue weighted by molar-refractivity contribution is 0.0957. The molecule has 1 aromatic carbocycles. The van der Waals surface area contributed by atoms with Gasteiger partial charge in [-0.3, -0.25) is 4.79 Å². The standard InChI is InChI=1S/C11H13NO2/c1-7-3-4-9-10(8(7)2)14-6-5-12-11(9)13/h3-4H,5-6H2,1-2H3,(H,12,13). The molecule has 0 saturated heterocycles. The predicted octanol–water partition coefficient (Wildman–Crippen LogP) is 1.43. The summed E-state index contributed by atoms with van der Waals surface area (Å²) in [4.78, 5) is 11.6. The highest BCUT2D eigenvalue weighted by Gasteiger charge is 2.18. The molecule has 0 fully saturated rings. The Hall–Kier alpha value is -1.51. The largest absolute Gasteiger partial charge is 0.491 e. The Balaban J connectivity index is 2.58. The predicted molar refractivity (Wildman–Crippen MR) is 53.7 cm³/mol. The van der Waals surface area contributed by atoms with Crippen LogP contribution in [-0.2, 0) is 0 Å². The average Bonchev–Trinajstić information content (AvgIpc) is 2.35. The van der Waals surface area contributed by atoms with E-state index in [1.807, 2.05) is 26.0 Å². The number of amides is 1. The van der Waals surface area contributed by atoms with Crippen molar-refractivity contribution in [3.05, 3.63) is 28.8 Å². The van der Waals surface area contributed by atoms with Crippen LogP contribution >= 0.6 is 0 Å². The molecule has 0 bridgehead atoms. The number of carbonyl (C=O) groups excluding carboxylic acids is 1. The third kappa shape index (κ3) is 1.35. The second-order valence-electron chi connectivity index (χ2n) is 3.49. The van der Waals surface area contributed by atoms with Gasteiger partial charge in [0.15, 0.2) is 0 Å². The van der Waals surface area contributed by atoms with Gasteiger partial charge in [0.05, 0.1) is 12.1 Å². The minimum atomic E-state index is -0.0411. The van der Waals surface area contributed by atoms with Crippen LogP contribution in [0.25, 0.3) is 0 Å². The molecular weight excluding hydrogens is 178 g/mol. The number of carbonyl (C=O) groups is 1. The van der Waals surface area contributed by atoms with Crippen molar-refractivity contribution in [2.75, 3.05) is 13.2 Å². The van der Waals surface area contributed by atoms with Gasteiger partial charge in [-0.05, 0) is 31.0 Å². The molecule has 1 N–H and O–H groups in total. The lowest BCUT2D eigenvalue weighted by atomic mass is 10.0. The highest BCUT2D eigenvalue weighted by Crippen LogP contribution is 2.27. The van der Waals surface area contributed by atoms with Crippen LogP contribution in [0.5, 0.6) is 5.75 Å². The van der Waals surface area contributed by atoms with Crippen molar-refractivity contribution in [3.8, 4) is 5.75 Å². The monoisotopic (exact) mass is 191 g/mol. The molecule has 0 spiro atoms. The maximum atomic E-state index is 11.6. The summed E-state index contributed by atoms with van der Waals surface area (Å²) in [6.07, 6.45) is 0. The molecule has 2 rings (SSSR count). The van der Waals surface area contributed by atoms with Gasteiger partial charge in [-0.1, -0.05) is 6.07 Å². The third-order valence-corrected chi connectivity index (χ3v) is 2.56. The van der Waals surface area contributed by atoms with Crippen LogP contribution in [0.15, 0.2) is 12.1 Å². The number of fused-ring (bicyclic) bond motifs is 1. The first-order valence-electron chi connectivity index (χ1n) is 4.71. The van der Waals surface area contributed by atoms with Gasteiger partial charge in [-0.25, -0.2) is 0 Å². The number of nitrogens with one attached hydrogen (secondary N) is 1. The smallest absolute Gasteiger partial charge is 0.255 e. The fourth-order valence-corrected chi connectivity index (χ4v) is 1.57. The second-order valence-corrected chi connectivity index (χ2v) is 3.49. The van der Waals surface area contributed by atoms with Crippen LogP contribution in [0.3, 0.4) is 0 Å². The topological polar surface area (TPSA) is 38.3 Å². The van der Waals surface area contributed by atoms with Crippen molar-refractivity contribution < 1.29 is 9.53 Å². The molecule has 1 aliphatic heterocycles. The molecular formula is C11H13NO2. The van der Waals surface area contributed by atoms with Crippen molar-refractivity contribution in [1.29, 1.82) is 0 Å². The summed E-state index contributed by atoms with van der Waals surface area (Å²) in [5.41, 5.74) is 2.85. The maximum absolute atomic E-state index is 11.6. The molecule has 1 aliphatic rings. The van der Waals surface area contributed by atoms with Crippen molar-refractivity contribution >= 4 is 5.91 Å². The van der Waals surface area contributed by atoms with Crippen LogP contribution in [0.2, 0.25) is 0 Å². The van der Waals surface area contributed by atoms with E-state index in [0.717, 1.165) is 16.9 Å². The molecule has 0 aliphatic carbocycles. The second kappa shape index (κ2) is 3.33. The summed E-state index contributed by atoms with van der Waals surface area (Å²) >= 11 is 0. The number of hydrogen-bond acceptors (Lipinski definition) is 2. The molecule has 0 aromatic heterocycles. The molecule has 1 aromatic rings. The van der Waals surface area contributed by atoms with E-state index in [9.17, 15) is 4.79 Å². The zero-order chi connectivity index (χ0) is 10.1. The van der Waals surface area contributed by atoms with Crippen molar-refractivity contribution in [2.24, 2.45) is 0 Å². The first-order chi connectivity index (χ1) is 6.70. The van der Waals surface area contributed by atoms with Crippen LogP contribution in [0.4, 0.5) is 0 Å². The Labute approximate surface area is 83.1 Å². The molecule has 14 heavy (non-hydrogen) atoms. The lowest BCUT2D eigenvalue weighted by Gasteiger charge is -2.10. The van der Waals surface area contributed by atoms with Crippen LogP contribution in [-0.4, -0.2) is 19.1 Å².